The van der Waals surface area contributed by atoms with Gasteiger partial charge in [0, 0.05) is 8.22 Å². The second-order valence-electron chi connectivity index (χ2n) is 2.99. The maximum absolute atomic E-state index is 7.57. The SMILES string of the molecule is [2H]C([2H])([2H])[Si](C)(c1ccc(C)cc1)C([2H])([2H])[2H]. The van der Waals surface area contributed by atoms with Crippen LogP contribution in [0, 0.1) is 6.92 Å². The lowest BCUT2D eigenvalue weighted by Gasteiger charge is -2.16. The molecule has 11 heavy (non-hydrogen) atoms. The van der Waals surface area contributed by atoms with Gasteiger partial charge in [0.25, 0.3) is 0 Å². The van der Waals surface area contributed by atoms with Gasteiger partial charge in [-0.3, -0.25) is 0 Å². The van der Waals surface area contributed by atoms with Gasteiger partial charge in [-0.25, -0.2) is 0 Å². The Morgan fingerprint density at radius 3 is 2.18 bits per heavy atom. The van der Waals surface area contributed by atoms with Crippen molar-refractivity contribution in [1.82, 2.24) is 0 Å². The Morgan fingerprint density at radius 1 is 1.18 bits per heavy atom. The van der Waals surface area contributed by atoms with Crippen molar-refractivity contribution in [2.75, 3.05) is 0 Å². The normalized spacial score (nSPS) is 22.0. The van der Waals surface area contributed by atoms with E-state index in [2.05, 4.69) is 0 Å². The Bertz CT molecular complexity index is 375. The van der Waals surface area contributed by atoms with Gasteiger partial charge >= 0.3 is 0 Å². The van der Waals surface area contributed by atoms with Crippen LogP contribution in [0.2, 0.25) is 19.5 Å². The van der Waals surface area contributed by atoms with E-state index in [9.17, 15) is 0 Å². The van der Waals surface area contributed by atoms with Gasteiger partial charge < -0.3 is 0 Å². The van der Waals surface area contributed by atoms with Crippen LogP contribution in [0.25, 0.3) is 0 Å². The van der Waals surface area contributed by atoms with Crippen LogP contribution in [-0.2, 0) is 0 Å². The van der Waals surface area contributed by atoms with E-state index in [1.807, 2.05) is 6.92 Å². The van der Waals surface area contributed by atoms with E-state index in [0.717, 1.165) is 5.56 Å². The summed E-state index contributed by atoms with van der Waals surface area (Å²) >= 11 is 0. The summed E-state index contributed by atoms with van der Waals surface area (Å²) in [6.07, 6.45) is 0. The average Bonchev–Trinajstić information content (AvgIpc) is 2.14. The standard InChI is InChI=1S/C10H16Si/c1-9-5-7-10(8-6-9)11(2,3)4/h5-8H,1-4H3/i2D3,3D3. The maximum atomic E-state index is 7.57. The third kappa shape index (κ3) is 2.19. The van der Waals surface area contributed by atoms with E-state index in [4.69, 9.17) is 8.22 Å². The molecule has 60 valence electrons. The molecule has 0 fully saturated rings. The summed E-state index contributed by atoms with van der Waals surface area (Å²) < 4.78 is 45.4. The lowest BCUT2D eigenvalue weighted by atomic mass is 10.2. The van der Waals surface area contributed by atoms with Crippen LogP contribution in [0.4, 0.5) is 0 Å². The van der Waals surface area contributed by atoms with E-state index >= 15 is 0 Å². The van der Waals surface area contributed by atoms with Gasteiger partial charge in [0.1, 0.15) is 0 Å². The minimum Gasteiger partial charge on any atom is -0.0656 e. The van der Waals surface area contributed by atoms with E-state index in [1.54, 1.807) is 24.3 Å². The Hall–Kier alpha value is -0.563. The Labute approximate surface area is 78.7 Å². The predicted molar refractivity (Wildman–Crippen MR) is 54.2 cm³/mol. The van der Waals surface area contributed by atoms with Gasteiger partial charge in [-0.15, -0.1) is 0 Å². The molecule has 0 bridgehead atoms. The van der Waals surface area contributed by atoms with Crippen LogP contribution in [-0.4, -0.2) is 8.07 Å². The molecule has 0 aliphatic heterocycles. The molecule has 0 saturated heterocycles. The first-order valence-corrected chi connectivity index (χ1v) is 6.07. The maximum Gasteiger partial charge on any atom is 0.0775 e. The van der Waals surface area contributed by atoms with Crippen molar-refractivity contribution in [2.24, 2.45) is 0 Å². The minimum atomic E-state index is -3.55. The van der Waals surface area contributed by atoms with Crippen molar-refractivity contribution in [3.05, 3.63) is 29.8 Å². The molecule has 1 rings (SSSR count). The first kappa shape index (κ1) is 3.44. The fourth-order valence-corrected chi connectivity index (χ4v) is 1.72. The summed E-state index contributed by atoms with van der Waals surface area (Å²) in [5.41, 5.74) is 0.987. The summed E-state index contributed by atoms with van der Waals surface area (Å²) in [5, 5.41) is 0.461. The van der Waals surface area contributed by atoms with Crippen LogP contribution in [0.1, 0.15) is 13.8 Å². The van der Waals surface area contributed by atoms with Crippen LogP contribution in [0.15, 0.2) is 24.3 Å². The summed E-state index contributed by atoms with van der Waals surface area (Å²) in [7, 11) is -3.55. The second kappa shape index (κ2) is 2.82. The molecule has 0 heterocycles. The molecule has 1 heteroatoms. The molecule has 0 aromatic heterocycles. The molecule has 0 amide bonds. The molecule has 0 aliphatic carbocycles. The molecule has 0 atom stereocenters. The highest BCUT2D eigenvalue weighted by Crippen LogP contribution is 2.03. The molecular weight excluding hydrogens is 148 g/mol. The lowest BCUT2D eigenvalue weighted by molar-refractivity contribution is 1.48. The first-order chi connectivity index (χ1) is 7.50. The quantitative estimate of drug-likeness (QED) is 0.568. The Morgan fingerprint density at radius 2 is 1.73 bits per heavy atom. The van der Waals surface area contributed by atoms with E-state index in [-0.39, 0.29) is 0 Å². The summed E-state index contributed by atoms with van der Waals surface area (Å²) in [5.74, 6) is 0. The molecule has 0 unspecified atom stereocenters. The topological polar surface area (TPSA) is 0 Å². The fraction of sp³-hybridized carbons (Fsp3) is 0.400. The monoisotopic (exact) mass is 170 g/mol. The van der Waals surface area contributed by atoms with Crippen LogP contribution in [0.3, 0.4) is 0 Å². The van der Waals surface area contributed by atoms with Gasteiger partial charge in [0.15, 0.2) is 0 Å². The molecular formula is C10H16Si. The number of hydrogen-bond acceptors (Lipinski definition) is 0. The molecule has 0 aliphatic rings. The molecule has 0 spiro atoms. The van der Waals surface area contributed by atoms with E-state index in [0.29, 0.717) is 5.19 Å². The Kier molecular flexibility index (Phi) is 0.882. The third-order valence-corrected chi connectivity index (χ3v) is 3.12. The highest BCUT2D eigenvalue weighted by Gasteiger charge is 2.14. The smallest absolute Gasteiger partial charge is 0.0656 e. The first-order valence-electron chi connectivity index (χ1n) is 6.57. The molecule has 0 radical (unpaired) electrons. The number of hydrogen-bond donors (Lipinski definition) is 0. The van der Waals surface area contributed by atoms with Gasteiger partial charge in [0.2, 0.25) is 0 Å². The third-order valence-electron chi connectivity index (χ3n) is 1.63. The van der Waals surface area contributed by atoms with Gasteiger partial charge in [0.05, 0.1) is 8.07 Å². The minimum absolute atomic E-state index is 0.461. The van der Waals surface area contributed by atoms with Crippen molar-refractivity contribution < 1.29 is 8.22 Å². The number of aryl methyl sites for hydroxylation is 1. The zero-order chi connectivity index (χ0) is 13.5. The van der Waals surface area contributed by atoms with Gasteiger partial charge in [-0.2, -0.15) is 0 Å². The van der Waals surface area contributed by atoms with Crippen LogP contribution < -0.4 is 5.19 Å². The fourth-order valence-electron chi connectivity index (χ4n) is 0.887. The molecule has 1 aromatic carbocycles. The largest absolute Gasteiger partial charge is 0.0775 e. The summed E-state index contributed by atoms with van der Waals surface area (Å²) in [4.78, 5) is 0. The highest BCUT2D eigenvalue weighted by atomic mass is 28.3. The number of rotatable bonds is 1. The molecule has 0 saturated carbocycles. The van der Waals surface area contributed by atoms with E-state index in [1.165, 1.54) is 6.55 Å². The molecule has 0 nitrogen and oxygen atoms in total. The summed E-state index contributed by atoms with van der Waals surface area (Å²) in [6, 6.07) is 6.80. The predicted octanol–water partition coefficient (Wildman–Crippen LogP) is 2.54. The highest BCUT2D eigenvalue weighted by molar-refractivity contribution is 6.88. The lowest BCUT2D eigenvalue weighted by Crippen LogP contribution is -2.37. The summed E-state index contributed by atoms with van der Waals surface area (Å²) in [6.45, 7) is -1.58. The molecule has 1 aromatic rings. The van der Waals surface area contributed by atoms with Crippen LogP contribution in [0.5, 0.6) is 0 Å². The zero-order valence-electron chi connectivity index (χ0n) is 12.8. The van der Waals surface area contributed by atoms with Crippen molar-refractivity contribution in [1.29, 1.82) is 0 Å². The number of benzene rings is 1. The van der Waals surface area contributed by atoms with Crippen LogP contribution >= 0.6 is 0 Å². The average molecular weight is 170 g/mol. The van der Waals surface area contributed by atoms with Crippen molar-refractivity contribution in [3.8, 4) is 0 Å². The Balaban J connectivity index is 3.41. The zero-order valence-corrected chi connectivity index (χ0v) is 7.81. The van der Waals surface area contributed by atoms with E-state index < -0.39 is 21.0 Å². The van der Waals surface area contributed by atoms with Gasteiger partial charge in [-0.05, 0) is 6.92 Å². The van der Waals surface area contributed by atoms with Crippen molar-refractivity contribution >= 4 is 13.3 Å². The van der Waals surface area contributed by atoms with Crippen molar-refractivity contribution in [3.63, 3.8) is 0 Å². The molecule has 0 N–H and O–H groups in total. The van der Waals surface area contributed by atoms with Gasteiger partial charge in [-0.1, -0.05) is 54.5 Å². The van der Waals surface area contributed by atoms with Crippen molar-refractivity contribution in [2.45, 2.75) is 26.4 Å². The second-order valence-corrected chi connectivity index (χ2v) is 5.82.